The van der Waals surface area contributed by atoms with Crippen molar-refractivity contribution in [2.75, 3.05) is 26.7 Å². The molecule has 0 saturated carbocycles. The summed E-state index contributed by atoms with van der Waals surface area (Å²) in [7, 11) is 2.08. The van der Waals surface area contributed by atoms with Gasteiger partial charge in [0.15, 0.2) is 5.96 Å². The summed E-state index contributed by atoms with van der Waals surface area (Å²) in [5, 5.41) is 7.12. The lowest BCUT2D eigenvalue weighted by Gasteiger charge is -2.31. The largest absolute Gasteiger partial charge is 0.354 e. The monoisotopic (exact) mass is 274 g/mol. The summed E-state index contributed by atoms with van der Waals surface area (Å²) in [4.78, 5) is 6.62. The van der Waals surface area contributed by atoms with Crippen LogP contribution in [-0.2, 0) is 0 Å². The molecule has 1 unspecified atom stereocenters. The predicted octanol–water partition coefficient (Wildman–Crippen LogP) is 2.01. The van der Waals surface area contributed by atoms with Crippen molar-refractivity contribution in [2.45, 2.75) is 32.4 Å². The minimum Gasteiger partial charge on any atom is -0.354 e. The van der Waals surface area contributed by atoms with Gasteiger partial charge < -0.3 is 15.5 Å². The number of rotatable bonds is 5. The second-order valence-electron chi connectivity index (χ2n) is 6.14. The summed E-state index contributed by atoms with van der Waals surface area (Å²) in [5.41, 5.74) is 1.32. The molecule has 2 rings (SSSR count). The molecule has 0 aliphatic carbocycles. The molecule has 2 N–H and O–H groups in total. The summed E-state index contributed by atoms with van der Waals surface area (Å²) in [5.74, 6) is 1.01. The zero-order valence-electron chi connectivity index (χ0n) is 13.0. The normalized spacial score (nSPS) is 17.0. The topological polar surface area (TPSA) is 39.7 Å². The lowest BCUT2D eigenvalue weighted by Crippen LogP contribution is -2.51. The first kappa shape index (κ1) is 14.9. The maximum Gasteiger partial charge on any atom is 0.193 e. The minimum atomic E-state index is 0.00120. The Balaban J connectivity index is 1.87. The van der Waals surface area contributed by atoms with Gasteiger partial charge in [0.1, 0.15) is 0 Å². The first-order valence-electron chi connectivity index (χ1n) is 7.30. The Morgan fingerprint density at radius 2 is 2.00 bits per heavy atom. The van der Waals surface area contributed by atoms with Crippen molar-refractivity contribution < 1.29 is 0 Å². The molecule has 1 aromatic carbocycles. The zero-order chi connectivity index (χ0) is 14.6. The van der Waals surface area contributed by atoms with E-state index in [4.69, 9.17) is 0 Å². The molecule has 0 fully saturated rings. The number of nitrogens with zero attached hydrogens (tertiary/aromatic N) is 2. The summed E-state index contributed by atoms with van der Waals surface area (Å²) < 4.78 is 0. The highest BCUT2D eigenvalue weighted by Crippen LogP contribution is 2.15. The highest BCUT2D eigenvalue weighted by atomic mass is 15.3. The first-order chi connectivity index (χ1) is 9.48. The number of aliphatic imine (C=N–C) groups is 1. The molecule has 0 bridgehead atoms. The van der Waals surface area contributed by atoms with Gasteiger partial charge in [-0.1, -0.05) is 30.3 Å². The average molecular weight is 274 g/mol. The molecule has 20 heavy (non-hydrogen) atoms. The van der Waals surface area contributed by atoms with E-state index in [1.165, 1.54) is 5.56 Å². The number of hydrogen-bond donors (Lipinski definition) is 2. The van der Waals surface area contributed by atoms with E-state index in [-0.39, 0.29) is 5.54 Å². The Bertz CT molecular complexity index is 453. The Morgan fingerprint density at radius 1 is 1.30 bits per heavy atom. The third-order valence-electron chi connectivity index (χ3n) is 3.65. The van der Waals surface area contributed by atoms with Gasteiger partial charge in [0.05, 0.1) is 6.54 Å². The van der Waals surface area contributed by atoms with Crippen molar-refractivity contribution in [2.24, 2.45) is 4.99 Å². The van der Waals surface area contributed by atoms with Crippen molar-refractivity contribution in [3.8, 4) is 0 Å². The lowest BCUT2D eigenvalue weighted by atomic mass is 10.0. The molecule has 1 atom stereocenters. The van der Waals surface area contributed by atoms with Crippen molar-refractivity contribution in [1.29, 1.82) is 0 Å². The van der Waals surface area contributed by atoms with Gasteiger partial charge in [-0.15, -0.1) is 0 Å². The van der Waals surface area contributed by atoms with Crippen molar-refractivity contribution in [3.63, 3.8) is 0 Å². The maximum atomic E-state index is 4.46. The summed E-state index contributed by atoms with van der Waals surface area (Å²) >= 11 is 0. The molecule has 4 nitrogen and oxygen atoms in total. The molecule has 0 radical (unpaired) electrons. The van der Waals surface area contributed by atoms with Gasteiger partial charge in [0, 0.05) is 31.7 Å². The van der Waals surface area contributed by atoms with Gasteiger partial charge in [0.2, 0.25) is 0 Å². The van der Waals surface area contributed by atoms with Crippen LogP contribution in [0.3, 0.4) is 0 Å². The Kier molecular flexibility index (Phi) is 4.65. The second-order valence-corrected chi connectivity index (χ2v) is 6.14. The van der Waals surface area contributed by atoms with E-state index in [1.54, 1.807) is 0 Å². The van der Waals surface area contributed by atoms with Gasteiger partial charge >= 0.3 is 0 Å². The van der Waals surface area contributed by atoms with E-state index < -0.39 is 0 Å². The van der Waals surface area contributed by atoms with Crippen LogP contribution in [0.15, 0.2) is 35.3 Å². The van der Waals surface area contributed by atoms with Crippen molar-refractivity contribution in [3.05, 3.63) is 35.9 Å². The molecule has 110 valence electrons. The van der Waals surface area contributed by atoms with Gasteiger partial charge in [0.25, 0.3) is 0 Å². The highest BCUT2D eigenvalue weighted by molar-refractivity contribution is 5.81. The Hall–Kier alpha value is -1.55. The summed E-state index contributed by atoms with van der Waals surface area (Å²) in [6.45, 7) is 9.40. The number of likely N-dealkylation sites (N-methyl/N-ethyl adjacent to an activating group) is 1. The van der Waals surface area contributed by atoms with Crippen LogP contribution in [0, 0.1) is 0 Å². The molecule has 1 aliphatic rings. The minimum absolute atomic E-state index is 0.00120. The number of benzene rings is 1. The molecule has 0 saturated heterocycles. The smallest absolute Gasteiger partial charge is 0.193 e. The number of guanidine groups is 1. The third-order valence-corrected chi connectivity index (χ3v) is 3.65. The van der Waals surface area contributed by atoms with E-state index in [0.29, 0.717) is 6.04 Å². The van der Waals surface area contributed by atoms with E-state index in [2.05, 4.69) is 78.7 Å². The van der Waals surface area contributed by atoms with Crippen LogP contribution in [0.2, 0.25) is 0 Å². The molecule has 1 aromatic rings. The van der Waals surface area contributed by atoms with Gasteiger partial charge in [-0.05, 0) is 26.3 Å². The average Bonchev–Trinajstić information content (AvgIpc) is 2.83. The molecule has 0 spiro atoms. The van der Waals surface area contributed by atoms with Crippen LogP contribution in [0.5, 0.6) is 0 Å². The summed E-state index contributed by atoms with van der Waals surface area (Å²) in [6, 6.07) is 10.9. The van der Waals surface area contributed by atoms with Crippen LogP contribution < -0.4 is 10.6 Å². The molecule has 0 aromatic heterocycles. The van der Waals surface area contributed by atoms with Crippen LogP contribution in [0.4, 0.5) is 0 Å². The van der Waals surface area contributed by atoms with Gasteiger partial charge in [-0.25, -0.2) is 0 Å². The molecule has 1 aliphatic heterocycles. The first-order valence-corrected chi connectivity index (χ1v) is 7.30. The van der Waals surface area contributed by atoms with Gasteiger partial charge in [-0.3, -0.25) is 4.99 Å². The SMILES string of the molecule is CC(NC(C)(C)CNC1=NCCN1C)c1ccccc1. The summed E-state index contributed by atoms with van der Waals surface area (Å²) in [6.07, 6.45) is 0. The van der Waals surface area contributed by atoms with E-state index in [9.17, 15) is 0 Å². The van der Waals surface area contributed by atoms with Crippen LogP contribution in [0.1, 0.15) is 32.4 Å². The zero-order valence-corrected chi connectivity index (χ0v) is 13.0. The fourth-order valence-corrected chi connectivity index (χ4v) is 2.49. The van der Waals surface area contributed by atoms with E-state index >= 15 is 0 Å². The standard InChI is InChI=1S/C16H26N4/c1-13(14-8-6-5-7-9-14)19-16(2,3)12-18-15-17-10-11-20(15)4/h5-9,13,19H,10-12H2,1-4H3,(H,17,18). The third kappa shape index (κ3) is 3.97. The van der Waals surface area contributed by atoms with Gasteiger partial charge in [-0.2, -0.15) is 0 Å². The molecular formula is C16H26N4. The number of hydrogen-bond acceptors (Lipinski definition) is 4. The highest BCUT2D eigenvalue weighted by Gasteiger charge is 2.22. The van der Waals surface area contributed by atoms with Crippen LogP contribution >= 0.6 is 0 Å². The predicted molar refractivity (Wildman–Crippen MR) is 85.0 cm³/mol. The van der Waals surface area contributed by atoms with Crippen molar-refractivity contribution >= 4 is 5.96 Å². The van der Waals surface area contributed by atoms with Crippen molar-refractivity contribution in [1.82, 2.24) is 15.5 Å². The molecular weight excluding hydrogens is 248 g/mol. The fourth-order valence-electron chi connectivity index (χ4n) is 2.49. The van der Waals surface area contributed by atoms with E-state index in [0.717, 1.165) is 25.6 Å². The fraction of sp³-hybridized carbons (Fsp3) is 0.562. The molecule has 1 heterocycles. The lowest BCUT2D eigenvalue weighted by molar-refractivity contribution is 0.342. The Labute approximate surface area is 122 Å². The Morgan fingerprint density at radius 3 is 2.60 bits per heavy atom. The van der Waals surface area contributed by atoms with E-state index in [1.807, 2.05) is 0 Å². The van der Waals surface area contributed by atoms with Crippen LogP contribution in [-0.4, -0.2) is 43.1 Å². The van der Waals surface area contributed by atoms with Crippen LogP contribution in [0.25, 0.3) is 0 Å². The molecule has 4 heteroatoms. The maximum absolute atomic E-state index is 4.46. The second kappa shape index (κ2) is 6.27. The quantitative estimate of drug-likeness (QED) is 0.863. The molecule has 0 amide bonds. The number of nitrogens with one attached hydrogen (secondary N) is 2.